The van der Waals surface area contributed by atoms with E-state index in [2.05, 4.69) is 0 Å². The highest BCUT2D eigenvalue weighted by Gasteiger charge is 2.43. The molecule has 0 aromatic heterocycles. The topological polar surface area (TPSA) is 0 Å². The predicted molar refractivity (Wildman–Crippen MR) is 132 cm³/mol. The average molecular weight is 640 g/mol. The van der Waals surface area contributed by atoms with E-state index in [9.17, 15) is 43.9 Å². The van der Waals surface area contributed by atoms with Crippen LogP contribution in [0.25, 0.3) is 0 Å². The summed E-state index contributed by atoms with van der Waals surface area (Å²) < 4.78 is 207. The molecule has 16 heteroatoms. The first-order chi connectivity index (χ1) is 19.0. The van der Waals surface area contributed by atoms with Crippen molar-refractivity contribution < 1.29 is 62.9 Å². The van der Waals surface area contributed by atoms with Gasteiger partial charge in [-0.2, -0.15) is 0 Å². The van der Waals surface area contributed by atoms with E-state index in [0.717, 1.165) is 0 Å². The largest absolute Gasteiger partial charge is 1.00 e. The smallest absolute Gasteiger partial charge is 0.207 e. The van der Waals surface area contributed by atoms with Crippen LogP contribution in [0, 0.1) is 81.4 Å². The quantitative estimate of drug-likeness (QED) is 0.0980. The summed E-state index contributed by atoms with van der Waals surface area (Å²) in [5, 5.41) is -3.44. The van der Waals surface area contributed by atoms with Crippen LogP contribution in [0.15, 0.2) is 0 Å². The molecule has 0 bridgehead atoms. The summed E-state index contributed by atoms with van der Waals surface area (Å²) >= 11 is 0. The molecule has 0 amide bonds. The van der Waals surface area contributed by atoms with Gasteiger partial charge in [0.15, 0.2) is 46.5 Å². The lowest BCUT2D eigenvalue weighted by Crippen LogP contribution is -2.61. The van der Waals surface area contributed by atoms with Gasteiger partial charge in [0.05, 0.1) is 12.0 Å². The summed E-state index contributed by atoms with van der Waals surface area (Å²) in [4.78, 5) is 0. The van der Waals surface area contributed by atoms with Gasteiger partial charge < -0.3 is 0 Å². The molecule has 0 heterocycles. The highest BCUT2D eigenvalue weighted by molar-refractivity contribution is 7.68. The van der Waals surface area contributed by atoms with Gasteiger partial charge in [0.2, 0.25) is 0 Å². The second kappa shape index (κ2) is 11.0. The van der Waals surface area contributed by atoms with Gasteiger partial charge in [0.1, 0.15) is 34.9 Å². The molecule has 0 spiro atoms. The maximum absolute atomic E-state index is 15.8. The van der Waals surface area contributed by atoms with E-state index >= 15 is 17.6 Å². The zero-order valence-electron chi connectivity index (χ0n) is 23.4. The Bertz CT molecular complexity index is 1440. The zero-order valence-corrected chi connectivity index (χ0v) is 23.3. The molecule has 230 valence electrons. The Morgan fingerprint density at radius 3 is 0.762 bits per heavy atom. The van der Waals surface area contributed by atoms with Crippen LogP contribution >= 0.6 is 7.92 Å². The van der Waals surface area contributed by atoms with Gasteiger partial charge >= 0.3 is 1.43 Å². The summed E-state index contributed by atoms with van der Waals surface area (Å²) in [6.07, 6.45) is 0. The number of rotatable bonds is 4. The molecule has 3 rings (SSSR count). The summed E-state index contributed by atoms with van der Waals surface area (Å²) in [5.41, 5.74) is -7.27. The Morgan fingerprint density at radius 2 is 0.548 bits per heavy atom. The van der Waals surface area contributed by atoms with E-state index in [-0.39, 0.29) is 1.43 Å². The van der Waals surface area contributed by atoms with Crippen molar-refractivity contribution in [2.24, 2.45) is 0 Å². The van der Waals surface area contributed by atoms with Gasteiger partial charge in [-0.15, -0.1) is 16.4 Å². The highest BCUT2D eigenvalue weighted by atomic mass is 31.1. The second-order valence-electron chi connectivity index (χ2n) is 11.4. The fourth-order valence-electron chi connectivity index (χ4n) is 5.30. The first-order valence-electron chi connectivity index (χ1n) is 11.9. The lowest BCUT2D eigenvalue weighted by Gasteiger charge is -2.42. The molecule has 0 unspecified atom stereocenters. The molecule has 3 aromatic rings. The predicted octanol–water partition coefficient (Wildman–Crippen LogP) is 6.70. The molecule has 3 aromatic carbocycles. The maximum atomic E-state index is 15.8. The number of hydrogen-bond acceptors (Lipinski definition) is 0. The summed E-state index contributed by atoms with van der Waals surface area (Å²) in [6, 6.07) is 0. The molecule has 0 aliphatic heterocycles. The zero-order chi connectivity index (χ0) is 32.5. The summed E-state index contributed by atoms with van der Waals surface area (Å²) in [5.74, 6) is -38.8. The Kier molecular flexibility index (Phi) is 8.84. The van der Waals surface area contributed by atoms with Crippen LogP contribution in [0.1, 0.15) is 43.0 Å². The molecule has 0 fully saturated rings. The Balaban J connectivity index is 0.00000645. The molecule has 0 atom stereocenters. The third-order valence-corrected chi connectivity index (χ3v) is 10.1. The van der Waals surface area contributed by atoms with E-state index in [4.69, 9.17) is 0 Å². The fourth-order valence-corrected chi connectivity index (χ4v) is 9.24. The number of halogens is 14. The molecular weight excluding hydrogens is 620 g/mol. The van der Waals surface area contributed by atoms with Crippen molar-refractivity contribution in [1.29, 1.82) is 0 Å². The second-order valence-corrected chi connectivity index (χ2v) is 15.2. The lowest BCUT2D eigenvalue weighted by molar-refractivity contribution is 0.382. The highest BCUT2D eigenvalue weighted by Crippen LogP contribution is 2.59. The van der Waals surface area contributed by atoms with E-state index < -0.39 is 128 Å². The first kappa shape index (κ1) is 33.7. The van der Waals surface area contributed by atoms with E-state index in [1.54, 1.807) is 0 Å². The van der Waals surface area contributed by atoms with Gasteiger partial charge in [-0.1, -0.05) is 49.5 Å². The average Bonchev–Trinajstić information content (AvgIpc) is 2.88. The standard InChI is InChI=1S/C26H19BF14P/c1-25(2,3)42(26(4,5)6)24-22(40)14(32)9(15(33)23(24)41)27(7-10(28)16(34)20(38)17(35)11(7)29)8-12(30)18(36)21(39)19(37)13(8)31/h27H,1-6H3/q-1/p+1. The van der Waals surface area contributed by atoms with E-state index in [1.807, 2.05) is 0 Å². The Morgan fingerprint density at radius 1 is 0.357 bits per heavy atom. The van der Waals surface area contributed by atoms with Gasteiger partial charge in [-0.05, 0) is 10.3 Å². The molecule has 0 N–H and O–H groups in total. The van der Waals surface area contributed by atoms with Gasteiger partial charge in [-0.25, -0.2) is 61.5 Å². The Hall–Kier alpha value is -2.83. The molecular formula is C26H20BF14P. The normalized spacial score (nSPS) is 12.7. The Labute approximate surface area is 233 Å². The van der Waals surface area contributed by atoms with E-state index in [0.29, 0.717) is 0 Å². The summed E-state index contributed by atoms with van der Waals surface area (Å²) in [6.45, 7) is 3.62. The van der Waals surface area contributed by atoms with Gasteiger partial charge in [0.25, 0.3) is 0 Å². The van der Waals surface area contributed by atoms with E-state index in [1.165, 1.54) is 41.5 Å². The number of benzene rings is 3. The minimum atomic E-state index is -5.07. The lowest BCUT2D eigenvalue weighted by atomic mass is 9.36. The SMILES string of the molecule is CC(C)(C)P(c1c(F)c(F)c([BH-](c2c(F)c(F)c(F)c(F)c2F)c2c(F)c(F)c(F)c(F)c2F)c(F)c1F)C(C)(C)C.[H+]. The van der Waals surface area contributed by atoms with Crippen molar-refractivity contribution in [2.45, 2.75) is 51.9 Å². The first-order valence-corrected chi connectivity index (χ1v) is 13.2. The van der Waals surface area contributed by atoms with Crippen LogP contribution in [-0.2, 0) is 0 Å². The molecule has 0 saturated carbocycles. The minimum Gasteiger partial charge on any atom is -0.207 e. The van der Waals surface area contributed by atoms with Crippen molar-refractivity contribution >= 4 is 36.3 Å². The van der Waals surface area contributed by atoms with Gasteiger partial charge in [-0.3, -0.25) is 0 Å². The molecule has 42 heavy (non-hydrogen) atoms. The van der Waals surface area contributed by atoms with Crippen LogP contribution in [0.3, 0.4) is 0 Å². The third-order valence-electron chi connectivity index (χ3n) is 6.56. The minimum absolute atomic E-state index is 0. The van der Waals surface area contributed by atoms with Crippen LogP contribution in [0.5, 0.6) is 0 Å². The third kappa shape index (κ3) is 5.15. The van der Waals surface area contributed by atoms with Gasteiger partial charge in [0, 0.05) is 0 Å². The molecule has 0 radical (unpaired) electrons. The van der Waals surface area contributed by atoms with Crippen molar-refractivity contribution in [3.05, 3.63) is 81.4 Å². The fraction of sp³-hybridized carbons (Fsp3) is 0.308. The van der Waals surface area contributed by atoms with Crippen LogP contribution in [-0.4, -0.2) is 17.0 Å². The molecule has 0 saturated heterocycles. The van der Waals surface area contributed by atoms with Crippen molar-refractivity contribution in [2.75, 3.05) is 0 Å². The van der Waals surface area contributed by atoms with Crippen LogP contribution in [0.2, 0.25) is 0 Å². The maximum Gasteiger partial charge on any atom is 1.00 e. The van der Waals surface area contributed by atoms with Crippen molar-refractivity contribution in [1.82, 2.24) is 0 Å². The van der Waals surface area contributed by atoms with Crippen LogP contribution < -0.4 is 21.7 Å². The number of hydrogen-bond donors (Lipinski definition) is 0. The van der Waals surface area contributed by atoms with Crippen LogP contribution in [0.4, 0.5) is 61.5 Å². The molecule has 0 aliphatic carbocycles. The van der Waals surface area contributed by atoms with Crippen molar-refractivity contribution in [3.8, 4) is 0 Å². The monoisotopic (exact) mass is 640 g/mol. The molecule has 0 nitrogen and oxygen atoms in total. The molecule has 0 aliphatic rings. The van der Waals surface area contributed by atoms with Crippen molar-refractivity contribution in [3.63, 3.8) is 0 Å². The summed E-state index contributed by atoms with van der Waals surface area (Å²) in [7, 11) is -2.26.